The van der Waals surface area contributed by atoms with Crippen LogP contribution in [0.4, 0.5) is 0 Å². The molecule has 0 saturated carbocycles. The van der Waals surface area contributed by atoms with Gasteiger partial charge in [0.05, 0.1) is 5.56 Å². The number of H-pyrrole nitrogens is 1. The zero-order valence-corrected chi connectivity index (χ0v) is 12.7. The Bertz CT molecular complexity index is 624. The summed E-state index contributed by atoms with van der Waals surface area (Å²) in [5.41, 5.74) is 1.76. The van der Waals surface area contributed by atoms with Crippen molar-refractivity contribution in [2.45, 2.75) is 38.8 Å². The highest BCUT2D eigenvalue weighted by Crippen LogP contribution is 2.19. The lowest BCUT2D eigenvalue weighted by Crippen LogP contribution is -2.46. The quantitative estimate of drug-likeness (QED) is 0.911. The number of likely N-dealkylation sites (tertiary alicyclic amines) is 1. The topological polar surface area (TPSA) is 48.1 Å². The summed E-state index contributed by atoms with van der Waals surface area (Å²) in [5, 5.41) is 4.18. The van der Waals surface area contributed by atoms with Gasteiger partial charge in [-0.05, 0) is 32.8 Å². The number of carbonyl (C=O) groups excluding carboxylic acids is 1. The number of nitrogens with one attached hydrogen (secondary N) is 2. The largest absolute Gasteiger partial charge is 0.360 e. The van der Waals surface area contributed by atoms with Crippen molar-refractivity contribution in [2.24, 2.45) is 0 Å². The molecule has 1 aromatic carbocycles. The van der Waals surface area contributed by atoms with Crippen LogP contribution in [0.15, 0.2) is 30.5 Å². The Hall–Kier alpha value is -1.81. The van der Waals surface area contributed by atoms with Gasteiger partial charge in [-0.15, -0.1) is 0 Å². The van der Waals surface area contributed by atoms with Crippen molar-refractivity contribution in [1.82, 2.24) is 15.2 Å². The molecule has 0 bridgehead atoms. The number of nitrogens with zero attached hydrogens (tertiary/aromatic N) is 1. The molecule has 0 radical (unpaired) electrons. The zero-order valence-electron chi connectivity index (χ0n) is 12.7. The number of aromatic amines is 1. The molecular weight excluding hydrogens is 262 g/mol. The molecule has 1 fully saturated rings. The van der Waals surface area contributed by atoms with E-state index in [-0.39, 0.29) is 5.91 Å². The second kappa shape index (κ2) is 5.90. The predicted molar refractivity (Wildman–Crippen MR) is 85.5 cm³/mol. The van der Waals surface area contributed by atoms with Crippen LogP contribution < -0.4 is 5.32 Å². The first-order valence-corrected chi connectivity index (χ1v) is 7.76. The van der Waals surface area contributed by atoms with Gasteiger partial charge < -0.3 is 15.2 Å². The zero-order chi connectivity index (χ0) is 14.8. The minimum atomic E-state index is 0.0375. The molecule has 112 valence electrons. The van der Waals surface area contributed by atoms with Crippen molar-refractivity contribution in [2.75, 3.05) is 13.1 Å². The molecule has 1 saturated heterocycles. The Morgan fingerprint density at radius 1 is 1.29 bits per heavy atom. The third-order valence-electron chi connectivity index (χ3n) is 4.43. The average Bonchev–Trinajstić information content (AvgIpc) is 2.92. The fourth-order valence-corrected chi connectivity index (χ4v) is 3.08. The highest BCUT2D eigenvalue weighted by molar-refractivity contribution is 6.06. The van der Waals surface area contributed by atoms with Crippen LogP contribution in [-0.4, -0.2) is 41.0 Å². The summed E-state index contributed by atoms with van der Waals surface area (Å²) in [6, 6.07) is 8.81. The lowest BCUT2D eigenvalue weighted by atomic mass is 10.0. The van der Waals surface area contributed by atoms with E-state index in [1.165, 1.54) is 0 Å². The monoisotopic (exact) mass is 285 g/mol. The van der Waals surface area contributed by atoms with Gasteiger partial charge in [-0.25, -0.2) is 0 Å². The predicted octanol–water partition coefficient (Wildman–Crippen LogP) is 2.77. The van der Waals surface area contributed by atoms with Crippen LogP contribution in [0.1, 0.15) is 37.0 Å². The molecule has 2 heterocycles. The SMILES string of the molecule is CC(C)N1CCC(NC(=O)c2c[nH]c3ccccc23)CC1. The average molecular weight is 285 g/mol. The number of piperidine rings is 1. The van der Waals surface area contributed by atoms with Crippen LogP contribution in [0.3, 0.4) is 0 Å². The molecule has 0 aliphatic carbocycles. The van der Waals surface area contributed by atoms with Crippen LogP contribution in [0, 0.1) is 0 Å². The van der Waals surface area contributed by atoms with E-state index in [1.807, 2.05) is 30.5 Å². The summed E-state index contributed by atoms with van der Waals surface area (Å²) in [7, 11) is 0. The molecule has 1 aliphatic rings. The van der Waals surface area contributed by atoms with Crippen molar-refractivity contribution < 1.29 is 4.79 Å². The van der Waals surface area contributed by atoms with Crippen molar-refractivity contribution >= 4 is 16.8 Å². The van der Waals surface area contributed by atoms with Gasteiger partial charge in [0.2, 0.25) is 0 Å². The third-order valence-corrected chi connectivity index (χ3v) is 4.43. The van der Waals surface area contributed by atoms with E-state index in [0.717, 1.165) is 42.4 Å². The molecule has 1 aromatic heterocycles. The van der Waals surface area contributed by atoms with Crippen LogP contribution >= 0.6 is 0 Å². The standard InChI is InChI=1S/C17H23N3O/c1-12(2)20-9-7-13(8-10-20)19-17(21)15-11-18-16-6-4-3-5-14(15)16/h3-6,11-13,18H,7-10H2,1-2H3,(H,19,21). The maximum absolute atomic E-state index is 12.5. The maximum atomic E-state index is 12.5. The molecule has 2 N–H and O–H groups in total. The van der Waals surface area contributed by atoms with E-state index in [1.54, 1.807) is 0 Å². The van der Waals surface area contributed by atoms with Gasteiger partial charge in [-0.1, -0.05) is 18.2 Å². The van der Waals surface area contributed by atoms with Gasteiger partial charge in [0.1, 0.15) is 0 Å². The van der Waals surface area contributed by atoms with Gasteiger partial charge in [0.15, 0.2) is 0 Å². The van der Waals surface area contributed by atoms with Crippen molar-refractivity contribution in [3.8, 4) is 0 Å². The summed E-state index contributed by atoms with van der Waals surface area (Å²) in [5.74, 6) is 0.0375. The summed E-state index contributed by atoms with van der Waals surface area (Å²) >= 11 is 0. The first kappa shape index (κ1) is 14.1. The molecule has 1 aliphatic heterocycles. The fraction of sp³-hybridized carbons (Fsp3) is 0.471. The van der Waals surface area contributed by atoms with E-state index in [4.69, 9.17) is 0 Å². The maximum Gasteiger partial charge on any atom is 0.253 e. The van der Waals surface area contributed by atoms with Crippen LogP contribution in [-0.2, 0) is 0 Å². The van der Waals surface area contributed by atoms with Gasteiger partial charge in [-0.3, -0.25) is 4.79 Å². The fourth-order valence-electron chi connectivity index (χ4n) is 3.08. The normalized spacial score (nSPS) is 17.5. The van der Waals surface area contributed by atoms with Crippen molar-refractivity contribution in [1.29, 1.82) is 0 Å². The third kappa shape index (κ3) is 2.95. The summed E-state index contributed by atoms with van der Waals surface area (Å²) in [6.07, 6.45) is 3.88. The molecule has 3 rings (SSSR count). The molecule has 2 aromatic rings. The Kier molecular flexibility index (Phi) is 3.97. The summed E-state index contributed by atoms with van der Waals surface area (Å²) < 4.78 is 0. The number of carbonyl (C=O) groups is 1. The molecule has 0 spiro atoms. The Morgan fingerprint density at radius 2 is 2.00 bits per heavy atom. The van der Waals surface area contributed by atoms with Crippen molar-refractivity contribution in [3.05, 3.63) is 36.0 Å². The molecule has 1 amide bonds. The number of benzene rings is 1. The first-order valence-electron chi connectivity index (χ1n) is 7.76. The first-order chi connectivity index (χ1) is 10.1. The number of fused-ring (bicyclic) bond motifs is 1. The number of hydrogen-bond acceptors (Lipinski definition) is 2. The number of amides is 1. The van der Waals surface area contributed by atoms with Crippen molar-refractivity contribution in [3.63, 3.8) is 0 Å². The van der Waals surface area contributed by atoms with Gasteiger partial charge in [0.25, 0.3) is 5.91 Å². The Balaban J connectivity index is 1.65. The Labute approximate surface area is 125 Å². The molecule has 0 atom stereocenters. The molecule has 4 heteroatoms. The number of hydrogen-bond donors (Lipinski definition) is 2. The van der Waals surface area contributed by atoms with E-state index in [2.05, 4.69) is 29.0 Å². The van der Waals surface area contributed by atoms with Crippen LogP contribution in [0.5, 0.6) is 0 Å². The lowest BCUT2D eigenvalue weighted by molar-refractivity contribution is 0.0902. The van der Waals surface area contributed by atoms with E-state index in [0.29, 0.717) is 12.1 Å². The van der Waals surface area contributed by atoms with Gasteiger partial charge in [0, 0.05) is 42.3 Å². The van der Waals surface area contributed by atoms with Crippen LogP contribution in [0.25, 0.3) is 10.9 Å². The second-order valence-electron chi connectivity index (χ2n) is 6.13. The highest BCUT2D eigenvalue weighted by Gasteiger charge is 2.23. The minimum absolute atomic E-state index is 0.0375. The smallest absolute Gasteiger partial charge is 0.253 e. The highest BCUT2D eigenvalue weighted by atomic mass is 16.1. The molecule has 0 unspecified atom stereocenters. The summed E-state index contributed by atoms with van der Waals surface area (Å²) in [6.45, 7) is 6.59. The second-order valence-corrected chi connectivity index (χ2v) is 6.13. The molecular formula is C17H23N3O. The lowest BCUT2D eigenvalue weighted by Gasteiger charge is -2.34. The minimum Gasteiger partial charge on any atom is -0.360 e. The molecule has 4 nitrogen and oxygen atoms in total. The molecule has 21 heavy (non-hydrogen) atoms. The summed E-state index contributed by atoms with van der Waals surface area (Å²) in [4.78, 5) is 18.1. The number of rotatable bonds is 3. The van der Waals surface area contributed by atoms with Gasteiger partial charge in [-0.2, -0.15) is 0 Å². The number of aromatic nitrogens is 1. The number of para-hydroxylation sites is 1. The van der Waals surface area contributed by atoms with E-state index >= 15 is 0 Å². The van der Waals surface area contributed by atoms with Gasteiger partial charge >= 0.3 is 0 Å². The van der Waals surface area contributed by atoms with Crippen LogP contribution in [0.2, 0.25) is 0 Å². The Morgan fingerprint density at radius 3 is 2.71 bits per heavy atom. The van der Waals surface area contributed by atoms with E-state index < -0.39 is 0 Å². The van der Waals surface area contributed by atoms with E-state index in [9.17, 15) is 4.79 Å².